The Bertz CT molecular complexity index is 352. The third-order valence-electron chi connectivity index (χ3n) is 1.60. The Labute approximate surface area is 83.6 Å². The van der Waals surface area contributed by atoms with Crippen LogP contribution in [0.25, 0.3) is 0 Å². The number of carboxylic acid groups (broad SMARTS) is 1. The van der Waals surface area contributed by atoms with Crippen molar-refractivity contribution in [3.05, 3.63) is 0 Å². The Hall–Kier alpha value is -0.870. The lowest BCUT2D eigenvalue weighted by Gasteiger charge is -2.27. The minimum absolute atomic E-state index is 0.213. The number of carboxylic acids is 1. The monoisotopic (exact) mass is 250 g/mol. The van der Waals surface area contributed by atoms with Crippen molar-refractivity contribution in [2.24, 2.45) is 0 Å². The molecule has 90 valence electrons. The average Bonchev–Trinajstić information content (AvgIpc) is 2.01. The van der Waals surface area contributed by atoms with Gasteiger partial charge in [-0.05, 0) is 6.92 Å². The number of hydrogen-bond donors (Lipinski definition) is 3. The molecule has 0 aliphatic heterocycles. The number of rotatable bonds is 4. The van der Waals surface area contributed by atoms with E-state index < -0.39 is 27.9 Å². The lowest BCUT2D eigenvalue weighted by atomic mass is 10.0. The van der Waals surface area contributed by atoms with Gasteiger partial charge in [0.05, 0.1) is 0 Å². The summed E-state index contributed by atoms with van der Waals surface area (Å²) in [7, 11) is -3.66. The van der Waals surface area contributed by atoms with Crippen molar-refractivity contribution in [1.82, 2.24) is 9.44 Å². The number of carbonyl (C=O) groups is 1. The van der Waals surface area contributed by atoms with Gasteiger partial charge in [0.15, 0.2) is 0 Å². The van der Waals surface area contributed by atoms with E-state index in [1.165, 1.54) is 4.72 Å². The smallest absolute Gasteiger partial charge is 0.418 e. The first-order chi connectivity index (χ1) is 6.46. The number of halogens is 3. The van der Waals surface area contributed by atoms with Crippen molar-refractivity contribution in [3.8, 4) is 0 Å². The SMILES string of the molecule is CNS(=O)(=O)NC(C)(C(=O)O)C(F)(F)F. The molecule has 1 unspecified atom stereocenters. The lowest BCUT2D eigenvalue weighted by Crippen LogP contribution is -2.63. The maximum absolute atomic E-state index is 12.3. The van der Waals surface area contributed by atoms with Gasteiger partial charge >= 0.3 is 12.1 Å². The zero-order chi connectivity index (χ0) is 12.5. The number of hydrogen-bond acceptors (Lipinski definition) is 3. The summed E-state index contributed by atoms with van der Waals surface area (Å²) < 4.78 is 60.9. The molecule has 0 aromatic heterocycles. The van der Waals surface area contributed by atoms with Crippen LogP contribution in [0.15, 0.2) is 0 Å². The Morgan fingerprint density at radius 3 is 1.93 bits per heavy atom. The Morgan fingerprint density at radius 2 is 1.73 bits per heavy atom. The van der Waals surface area contributed by atoms with Crippen LogP contribution < -0.4 is 9.44 Å². The topological polar surface area (TPSA) is 95.5 Å². The van der Waals surface area contributed by atoms with Gasteiger partial charge in [0.2, 0.25) is 5.54 Å². The van der Waals surface area contributed by atoms with Crippen LogP contribution in [0.3, 0.4) is 0 Å². The van der Waals surface area contributed by atoms with Gasteiger partial charge in [-0.3, -0.25) is 0 Å². The number of aliphatic carboxylic acids is 1. The molecular formula is C5H9F3N2O4S. The van der Waals surface area contributed by atoms with E-state index >= 15 is 0 Å². The molecule has 0 saturated heterocycles. The molecule has 0 aromatic rings. The van der Waals surface area contributed by atoms with Crippen molar-refractivity contribution >= 4 is 16.2 Å². The van der Waals surface area contributed by atoms with E-state index in [2.05, 4.69) is 0 Å². The molecule has 0 aromatic carbocycles. The van der Waals surface area contributed by atoms with Crippen molar-refractivity contribution < 1.29 is 31.5 Å². The molecule has 0 aliphatic carbocycles. The highest BCUT2D eigenvalue weighted by Crippen LogP contribution is 2.30. The van der Waals surface area contributed by atoms with Crippen LogP contribution in [0, 0.1) is 0 Å². The summed E-state index contributed by atoms with van der Waals surface area (Å²) in [5.74, 6) is -2.34. The van der Waals surface area contributed by atoms with E-state index in [0.29, 0.717) is 0 Å². The summed E-state index contributed by atoms with van der Waals surface area (Å²) >= 11 is 0. The lowest BCUT2D eigenvalue weighted by molar-refractivity contribution is -0.201. The minimum Gasteiger partial charge on any atom is -0.480 e. The molecular weight excluding hydrogens is 241 g/mol. The van der Waals surface area contributed by atoms with Crippen LogP contribution in [0.4, 0.5) is 13.2 Å². The van der Waals surface area contributed by atoms with Gasteiger partial charge in [-0.15, -0.1) is 0 Å². The summed E-state index contributed by atoms with van der Waals surface area (Å²) in [6, 6.07) is 0. The predicted molar refractivity (Wildman–Crippen MR) is 43.2 cm³/mol. The van der Waals surface area contributed by atoms with Crippen LogP contribution in [-0.2, 0) is 15.0 Å². The van der Waals surface area contributed by atoms with Gasteiger partial charge in [0.25, 0.3) is 10.2 Å². The van der Waals surface area contributed by atoms with E-state index in [1.54, 1.807) is 0 Å². The fraction of sp³-hybridized carbons (Fsp3) is 0.800. The van der Waals surface area contributed by atoms with E-state index in [0.717, 1.165) is 11.8 Å². The normalized spacial score (nSPS) is 17.1. The molecule has 0 amide bonds. The molecule has 6 nitrogen and oxygen atoms in total. The van der Waals surface area contributed by atoms with Crippen LogP contribution in [0.1, 0.15) is 6.92 Å². The molecule has 0 spiro atoms. The second-order valence-electron chi connectivity index (χ2n) is 2.74. The molecule has 0 fully saturated rings. The van der Waals surface area contributed by atoms with E-state index in [9.17, 15) is 26.4 Å². The quantitative estimate of drug-likeness (QED) is 0.623. The highest BCUT2D eigenvalue weighted by Gasteiger charge is 2.59. The van der Waals surface area contributed by atoms with Crippen molar-refractivity contribution in [2.75, 3.05) is 7.05 Å². The first-order valence-corrected chi connectivity index (χ1v) is 4.97. The Morgan fingerprint density at radius 1 is 1.33 bits per heavy atom. The van der Waals surface area contributed by atoms with Crippen LogP contribution in [-0.4, -0.2) is 38.3 Å². The summed E-state index contributed by atoms with van der Waals surface area (Å²) in [6.07, 6.45) is -5.25. The first-order valence-electron chi connectivity index (χ1n) is 3.49. The third-order valence-corrected chi connectivity index (χ3v) is 2.82. The molecule has 0 bridgehead atoms. The zero-order valence-electron chi connectivity index (χ0n) is 7.71. The molecule has 0 aliphatic rings. The maximum Gasteiger partial charge on any atom is 0.418 e. The zero-order valence-corrected chi connectivity index (χ0v) is 8.53. The summed E-state index contributed by atoms with van der Waals surface area (Å²) in [6.45, 7) is 0.213. The number of alkyl halides is 3. The molecule has 0 heterocycles. The second kappa shape index (κ2) is 3.94. The van der Waals surface area contributed by atoms with Crippen LogP contribution >= 0.6 is 0 Å². The number of nitrogens with one attached hydrogen (secondary N) is 2. The largest absolute Gasteiger partial charge is 0.480 e. The summed E-state index contributed by atoms with van der Waals surface area (Å²) in [5, 5.41) is 8.35. The molecule has 0 radical (unpaired) electrons. The average molecular weight is 250 g/mol. The van der Waals surface area contributed by atoms with Gasteiger partial charge < -0.3 is 5.11 Å². The van der Waals surface area contributed by atoms with Gasteiger partial charge in [-0.25, -0.2) is 9.52 Å². The van der Waals surface area contributed by atoms with Gasteiger partial charge in [0.1, 0.15) is 0 Å². The molecule has 0 rings (SSSR count). The molecule has 0 saturated carbocycles. The van der Waals surface area contributed by atoms with Gasteiger partial charge in [-0.2, -0.15) is 26.3 Å². The first kappa shape index (κ1) is 14.1. The van der Waals surface area contributed by atoms with Crippen molar-refractivity contribution in [1.29, 1.82) is 0 Å². The van der Waals surface area contributed by atoms with E-state index in [1.807, 2.05) is 0 Å². The second-order valence-corrected chi connectivity index (χ2v) is 4.36. The summed E-state index contributed by atoms with van der Waals surface area (Å²) in [5.41, 5.74) is -3.56. The predicted octanol–water partition coefficient (Wildman–Crippen LogP) is -0.554. The standard InChI is InChI=1S/C5H9F3N2O4S/c1-4(3(11)12,5(6,7)8)10-15(13,14)9-2/h9-10H,1-2H3,(H,11,12). The Balaban J connectivity index is 5.28. The van der Waals surface area contributed by atoms with Gasteiger partial charge in [-0.1, -0.05) is 0 Å². The highest BCUT2D eigenvalue weighted by atomic mass is 32.2. The van der Waals surface area contributed by atoms with Crippen LogP contribution in [0.5, 0.6) is 0 Å². The fourth-order valence-corrected chi connectivity index (χ4v) is 1.39. The molecule has 3 N–H and O–H groups in total. The van der Waals surface area contributed by atoms with Crippen molar-refractivity contribution in [2.45, 2.75) is 18.6 Å². The molecule has 10 heteroatoms. The van der Waals surface area contributed by atoms with E-state index in [-0.39, 0.29) is 6.92 Å². The molecule has 1 atom stereocenters. The molecule has 15 heavy (non-hydrogen) atoms. The van der Waals surface area contributed by atoms with Gasteiger partial charge in [0, 0.05) is 7.05 Å². The fourth-order valence-electron chi connectivity index (χ4n) is 0.543. The van der Waals surface area contributed by atoms with E-state index in [4.69, 9.17) is 5.11 Å². The maximum atomic E-state index is 12.3. The minimum atomic E-state index is -5.25. The third kappa shape index (κ3) is 3.04. The van der Waals surface area contributed by atoms with Crippen LogP contribution in [0.2, 0.25) is 0 Å². The highest BCUT2D eigenvalue weighted by molar-refractivity contribution is 7.87. The Kier molecular flexibility index (Phi) is 3.72. The summed E-state index contributed by atoms with van der Waals surface area (Å²) in [4.78, 5) is 10.4. The van der Waals surface area contributed by atoms with Crippen molar-refractivity contribution in [3.63, 3.8) is 0 Å².